The van der Waals surface area contributed by atoms with E-state index in [1.165, 1.54) is 0 Å². The number of methoxy groups -OCH3 is 2. The second kappa shape index (κ2) is 7.23. The van der Waals surface area contributed by atoms with E-state index in [4.69, 9.17) is 9.47 Å². The first-order chi connectivity index (χ1) is 11.7. The fourth-order valence-electron chi connectivity index (χ4n) is 2.95. The first-order valence-corrected chi connectivity index (χ1v) is 8.17. The third-order valence-electron chi connectivity index (χ3n) is 4.35. The summed E-state index contributed by atoms with van der Waals surface area (Å²) in [5.74, 6) is 1.45. The van der Waals surface area contributed by atoms with Crippen LogP contribution in [-0.2, 0) is 12.0 Å². The van der Waals surface area contributed by atoms with Gasteiger partial charge in [0.1, 0.15) is 23.0 Å². The summed E-state index contributed by atoms with van der Waals surface area (Å²) in [4.78, 5) is 0. The van der Waals surface area contributed by atoms with Crippen molar-refractivity contribution < 1.29 is 24.8 Å². The van der Waals surface area contributed by atoms with Crippen LogP contribution in [0.4, 0.5) is 0 Å². The van der Waals surface area contributed by atoms with Crippen LogP contribution in [0.2, 0.25) is 0 Å². The van der Waals surface area contributed by atoms with Crippen molar-refractivity contribution in [1.82, 2.24) is 0 Å². The maximum atomic E-state index is 10.3. The Labute approximate surface area is 148 Å². The van der Waals surface area contributed by atoms with E-state index in [9.17, 15) is 15.3 Å². The second-order valence-corrected chi connectivity index (χ2v) is 6.77. The lowest BCUT2D eigenvalue weighted by Crippen LogP contribution is -2.16. The van der Waals surface area contributed by atoms with Crippen LogP contribution in [0.3, 0.4) is 0 Å². The van der Waals surface area contributed by atoms with Gasteiger partial charge in [-0.2, -0.15) is 0 Å². The maximum absolute atomic E-state index is 10.3. The highest BCUT2D eigenvalue weighted by atomic mass is 16.5. The van der Waals surface area contributed by atoms with Crippen LogP contribution in [-0.4, -0.2) is 29.5 Å². The smallest absolute Gasteiger partial charge is 0.122 e. The molecule has 0 saturated carbocycles. The molecule has 136 valence electrons. The fraction of sp³-hybridized carbons (Fsp3) is 0.400. The molecule has 0 aliphatic heterocycles. The highest BCUT2D eigenvalue weighted by Crippen LogP contribution is 2.38. The molecular weight excluding hydrogens is 320 g/mol. The zero-order chi connectivity index (χ0) is 18.8. The Bertz CT molecular complexity index is 746. The predicted octanol–water partition coefficient (Wildman–Crippen LogP) is 3.69. The topological polar surface area (TPSA) is 79.2 Å². The monoisotopic (exact) mass is 346 g/mol. The summed E-state index contributed by atoms with van der Waals surface area (Å²) >= 11 is 0. The van der Waals surface area contributed by atoms with Crippen molar-refractivity contribution in [3.05, 3.63) is 47.0 Å². The summed E-state index contributed by atoms with van der Waals surface area (Å²) in [5.41, 5.74) is 0.784. The number of aromatic hydroxyl groups is 2. The average Bonchev–Trinajstić information content (AvgIpc) is 2.54. The highest BCUT2D eigenvalue weighted by molar-refractivity contribution is 5.49. The molecule has 0 saturated heterocycles. The largest absolute Gasteiger partial charge is 0.508 e. The molecule has 0 heterocycles. The van der Waals surface area contributed by atoms with Gasteiger partial charge in [0, 0.05) is 11.1 Å². The van der Waals surface area contributed by atoms with Crippen LogP contribution in [0.5, 0.6) is 23.0 Å². The van der Waals surface area contributed by atoms with Gasteiger partial charge in [-0.1, -0.05) is 6.92 Å². The van der Waals surface area contributed by atoms with Crippen LogP contribution in [0.15, 0.2) is 30.3 Å². The molecule has 0 bridgehead atoms. The molecule has 0 aliphatic carbocycles. The number of phenolic OH excluding ortho intramolecular Hbond substituents is 2. The SMILES string of the molecule is COc1ccc(O)c(C(C)Cc2cc(O)c(C(C)(C)O)cc2OC)c1. The van der Waals surface area contributed by atoms with Crippen molar-refractivity contribution >= 4 is 0 Å². The summed E-state index contributed by atoms with van der Waals surface area (Å²) < 4.78 is 10.7. The van der Waals surface area contributed by atoms with E-state index in [1.54, 1.807) is 58.4 Å². The van der Waals surface area contributed by atoms with Gasteiger partial charge in [-0.15, -0.1) is 0 Å². The van der Waals surface area contributed by atoms with Crippen LogP contribution >= 0.6 is 0 Å². The van der Waals surface area contributed by atoms with Gasteiger partial charge in [-0.25, -0.2) is 0 Å². The molecule has 1 unspecified atom stereocenters. The van der Waals surface area contributed by atoms with Gasteiger partial charge in [0.2, 0.25) is 0 Å². The van der Waals surface area contributed by atoms with Crippen molar-refractivity contribution in [1.29, 1.82) is 0 Å². The third-order valence-corrected chi connectivity index (χ3v) is 4.35. The minimum atomic E-state index is -1.17. The summed E-state index contributed by atoms with van der Waals surface area (Å²) in [7, 11) is 3.13. The number of phenols is 2. The number of hydrogen-bond donors (Lipinski definition) is 3. The van der Waals surface area contributed by atoms with Gasteiger partial charge >= 0.3 is 0 Å². The van der Waals surface area contributed by atoms with E-state index in [0.717, 1.165) is 11.1 Å². The molecule has 5 nitrogen and oxygen atoms in total. The van der Waals surface area contributed by atoms with E-state index < -0.39 is 5.60 Å². The molecule has 0 fully saturated rings. The van der Waals surface area contributed by atoms with Crippen LogP contribution in [0, 0.1) is 0 Å². The zero-order valence-corrected chi connectivity index (χ0v) is 15.3. The van der Waals surface area contributed by atoms with Crippen LogP contribution < -0.4 is 9.47 Å². The Morgan fingerprint density at radius 3 is 2.24 bits per heavy atom. The lowest BCUT2D eigenvalue weighted by atomic mass is 9.89. The van der Waals surface area contributed by atoms with E-state index in [1.807, 2.05) is 6.92 Å². The van der Waals surface area contributed by atoms with Crippen molar-refractivity contribution in [2.75, 3.05) is 14.2 Å². The summed E-state index contributed by atoms with van der Waals surface area (Å²) in [5, 5.41) is 30.6. The van der Waals surface area contributed by atoms with Crippen LogP contribution in [0.1, 0.15) is 43.4 Å². The Kier molecular flexibility index (Phi) is 5.48. The maximum Gasteiger partial charge on any atom is 0.122 e. The quantitative estimate of drug-likeness (QED) is 0.743. The predicted molar refractivity (Wildman–Crippen MR) is 96.7 cm³/mol. The van der Waals surface area contributed by atoms with Gasteiger partial charge in [-0.05, 0) is 62.1 Å². The molecule has 25 heavy (non-hydrogen) atoms. The molecule has 0 radical (unpaired) electrons. The Morgan fingerprint density at radius 1 is 1.00 bits per heavy atom. The van der Waals surface area contributed by atoms with Crippen LogP contribution in [0.25, 0.3) is 0 Å². The highest BCUT2D eigenvalue weighted by Gasteiger charge is 2.24. The minimum absolute atomic E-state index is 0.0189. The number of rotatable bonds is 6. The Morgan fingerprint density at radius 2 is 1.68 bits per heavy atom. The Hall–Kier alpha value is -2.40. The minimum Gasteiger partial charge on any atom is -0.508 e. The van der Waals surface area contributed by atoms with Gasteiger partial charge in [-0.3, -0.25) is 0 Å². The molecule has 0 amide bonds. The zero-order valence-electron chi connectivity index (χ0n) is 15.3. The summed E-state index contributed by atoms with van der Waals surface area (Å²) in [6.45, 7) is 5.20. The molecule has 1 atom stereocenters. The summed E-state index contributed by atoms with van der Waals surface area (Å²) in [6, 6.07) is 8.38. The molecule has 5 heteroatoms. The van der Waals surface area contributed by atoms with E-state index in [-0.39, 0.29) is 17.4 Å². The average molecular weight is 346 g/mol. The normalized spacial score (nSPS) is 12.7. The third kappa shape index (κ3) is 4.17. The molecule has 2 aromatic carbocycles. The molecule has 2 aromatic rings. The van der Waals surface area contributed by atoms with Gasteiger partial charge in [0.15, 0.2) is 0 Å². The number of ether oxygens (including phenoxy) is 2. The van der Waals surface area contributed by atoms with Gasteiger partial charge < -0.3 is 24.8 Å². The van der Waals surface area contributed by atoms with E-state index in [0.29, 0.717) is 23.5 Å². The van der Waals surface area contributed by atoms with E-state index in [2.05, 4.69) is 0 Å². The Balaban J connectivity index is 2.38. The summed E-state index contributed by atoms with van der Waals surface area (Å²) in [6.07, 6.45) is 0.545. The van der Waals surface area contributed by atoms with Crippen molar-refractivity contribution in [3.63, 3.8) is 0 Å². The van der Waals surface area contributed by atoms with Gasteiger partial charge in [0.25, 0.3) is 0 Å². The molecule has 3 N–H and O–H groups in total. The molecule has 0 spiro atoms. The molecular formula is C20H26O5. The number of hydrogen-bond acceptors (Lipinski definition) is 5. The van der Waals surface area contributed by atoms with Crippen molar-refractivity contribution in [2.24, 2.45) is 0 Å². The fourth-order valence-corrected chi connectivity index (χ4v) is 2.95. The first kappa shape index (κ1) is 18.9. The first-order valence-electron chi connectivity index (χ1n) is 8.17. The lowest BCUT2D eigenvalue weighted by Gasteiger charge is -2.22. The van der Waals surface area contributed by atoms with Crippen molar-refractivity contribution in [3.8, 4) is 23.0 Å². The molecule has 0 aliphatic rings. The standard InChI is InChI=1S/C20H26O5/c1-12(15-10-14(24-4)6-7-17(15)21)8-13-9-18(22)16(20(2,3)23)11-19(13)25-5/h6-7,9-12,21-23H,8H2,1-5H3. The van der Waals surface area contributed by atoms with Gasteiger partial charge in [0.05, 0.1) is 19.8 Å². The second-order valence-electron chi connectivity index (χ2n) is 6.77. The molecule has 2 rings (SSSR count). The number of aliphatic hydroxyl groups is 1. The molecule has 0 aromatic heterocycles. The van der Waals surface area contributed by atoms with E-state index >= 15 is 0 Å². The van der Waals surface area contributed by atoms with Crippen molar-refractivity contribution in [2.45, 2.75) is 38.7 Å². The lowest BCUT2D eigenvalue weighted by molar-refractivity contribution is 0.0755. The number of benzene rings is 2.